The fraction of sp³-hybridized carbons (Fsp3) is 0.211. The molecule has 1 aromatic carbocycles. The van der Waals surface area contributed by atoms with Crippen LogP contribution in [0.15, 0.2) is 46.3 Å². The van der Waals surface area contributed by atoms with E-state index in [0.29, 0.717) is 24.6 Å². The highest BCUT2D eigenvalue weighted by Crippen LogP contribution is 2.29. The second-order valence-corrected chi connectivity index (χ2v) is 8.40. The monoisotopic (exact) mass is 441 g/mol. The maximum Gasteiger partial charge on any atom is 0.232 e. The molecule has 3 heterocycles. The van der Waals surface area contributed by atoms with Crippen molar-refractivity contribution < 1.29 is 4.74 Å². The van der Waals surface area contributed by atoms with Gasteiger partial charge in [0.2, 0.25) is 5.95 Å². The van der Waals surface area contributed by atoms with E-state index in [2.05, 4.69) is 37.1 Å². The van der Waals surface area contributed by atoms with Gasteiger partial charge in [0, 0.05) is 18.0 Å². The lowest BCUT2D eigenvalue weighted by Crippen LogP contribution is -2.38. The van der Waals surface area contributed by atoms with E-state index >= 15 is 0 Å². The summed E-state index contributed by atoms with van der Waals surface area (Å²) in [6.45, 7) is 2.80. The van der Waals surface area contributed by atoms with Crippen molar-refractivity contribution in [1.29, 1.82) is 5.26 Å². The molecule has 0 saturated carbocycles. The van der Waals surface area contributed by atoms with Crippen molar-refractivity contribution in [3.8, 4) is 11.8 Å². The van der Waals surface area contributed by atoms with Gasteiger partial charge in [-0.05, 0) is 46.3 Å². The largest absolute Gasteiger partial charge is 0.378 e. The van der Waals surface area contributed by atoms with Crippen LogP contribution in [0.3, 0.4) is 0 Å². The molecule has 0 amide bonds. The molecule has 27 heavy (non-hydrogen) atoms. The molecule has 1 aliphatic heterocycles. The number of morpholine rings is 1. The van der Waals surface area contributed by atoms with Crippen molar-refractivity contribution in [2.24, 2.45) is 0 Å². The first-order valence-corrected chi connectivity index (χ1v) is 10.1. The van der Waals surface area contributed by atoms with E-state index in [4.69, 9.17) is 4.74 Å². The quantitative estimate of drug-likeness (QED) is 0.572. The molecule has 0 aliphatic carbocycles. The Bertz CT molecular complexity index is 999. The van der Waals surface area contributed by atoms with Crippen LogP contribution in [0, 0.1) is 11.3 Å². The minimum atomic E-state index is 0.472. The number of rotatable bonds is 4. The number of aromatic nitrogens is 3. The topological polar surface area (TPSA) is 67.0 Å². The number of para-hydroxylation sites is 1. The molecule has 0 spiro atoms. The van der Waals surface area contributed by atoms with Crippen LogP contribution in [0.5, 0.6) is 0 Å². The normalized spacial score (nSPS) is 15.0. The Labute approximate surface area is 169 Å². The number of halogens is 1. The number of anilines is 1. The van der Waals surface area contributed by atoms with Crippen LogP contribution >= 0.6 is 27.3 Å². The highest BCUT2D eigenvalue weighted by Gasteiger charge is 2.23. The molecule has 136 valence electrons. The maximum absolute atomic E-state index is 9.80. The molecule has 0 N–H and O–H groups in total. The number of hydrogen-bond donors (Lipinski definition) is 0. The van der Waals surface area contributed by atoms with Gasteiger partial charge in [-0.25, -0.2) is 0 Å². The van der Waals surface area contributed by atoms with Crippen LogP contribution < -0.4 is 4.90 Å². The molecule has 1 aliphatic rings. The average molecular weight is 442 g/mol. The van der Waals surface area contributed by atoms with Crippen molar-refractivity contribution in [2.75, 3.05) is 31.2 Å². The smallest absolute Gasteiger partial charge is 0.232 e. The van der Waals surface area contributed by atoms with E-state index in [9.17, 15) is 5.26 Å². The lowest BCUT2D eigenvalue weighted by Gasteiger charge is -2.28. The molecular weight excluding hydrogens is 426 g/mol. The van der Waals surface area contributed by atoms with Crippen molar-refractivity contribution in [1.82, 2.24) is 14.8 Å². The minimum Gasteiger partial charge on any atom is -0.378 e. The average Bonchev–Trinajstić information content (AvgIpc) is 3.33. The molecule has 0 atom stereocenters. The van der Waals surface area contributed by atoms with Crippen LogP contribution in [-0.4, -0.2) is 41.1 Å². The first-order chi connectivity index (χ1) is 13.3. The second-order valence-electron chi connectivity index (χ2n) is 5.91. The summed E-state index contributed by atoms with van der Waals surface area (Å²) in [5.41, 5.74) is 1.40. The van der Waals surface area contributed by atoms with E-state index in [0.717, 1.165) is 33.4 Å². The summed E-state index contributed by atoms with van der Waals surface area (Å²) in [4.78, 5) is 3.12. The third-order valence-corrected chi connectivity index (χ3v) is 5.77. The number of nitrogens with zero attached hydrogens (tertiary/aromatic N) is 5. The van der Waals surface area contributed by atoms with Gasteiger partial charge in [-0.15, -0.1) is 21.5 Å². The molecule has 1 fully saturated rings. The van der Waals surface area contributed by atoms with E-state index in [1.54, 1.807) is 11.3 Å². The van der Waals surface area contributed by atoms with E-state index in [1.807, 2.05) is 53.1 Å². The van der Waals surface area contributed by atoms with Gasteiger partial charge in [0.25, 0.3) is 0 Å². The summed E-state index contributed by atoms with van der Waals surface area (Å²) in [7, 11) is 0. The molecule has 3 aromatic rings. The summed E-state index contributed by atoms with van der Waals surface area (Å²) < 4.78 is 8.42. The number of ether oxygens (including phenoxy) is 1. The zero-order chi connectivity index (χ0) is 18.6. The van der Waals surface area contributed by atoms with Gasteiger partial charge in [0.1, 0.15) is 6.07 Å². The Morgan fingerprint density at radius 2 is 1.93 bits per heavy atom. The van der Waals surface area contributed by atoms with Crippen LogP contribution in [0.1, 0.15) is 10.7 Å². The standard InChI is InChI=1S/C19H16BrN5OS/c20-17-7-6-16(27-17)12-14(13-21)18-22-23-19(24-8-10-26-11-9-24)25(18)15-4-2-1-3-5-15/h1-7,12H,8-11H2/b14-12+. The summed E-state index contributed by atoms with van der Waals surface area (Å²) in [5, 5.41) is 18.6. The SMILES string of the molecule is N#C/C(=C\c1ccc(Br)s1)c1nnc(N2CCOCC2)n1-c1ccccc1. The van der Waals surface area contributed by atoms with Crippen molar-refractivity contribution in [3.05, 3.63) is 57.0 Å². The molecular formula is C19H16BrN5OS. The minimum absolute atomic E-state index is 0.472. The Hall–Kier alpha value is -2.47. The van der Waals surface area contributed by atoms with Gasteiger partial charge in [-0.1, -0.05) is 18.2 Å². The fourth-order valence-electron chi connectivity index (χ4n) is 2.93. The van der Waals surface area contributed by atoms with Crippen LogP contribution in [0.2, 0.25) is 0 Å². The molecule has 0 radical (unpaired) electrons. The fourth-order valence-corrected chi connectivity index (χ4v) is 4.30. The molecule has 2 aromatic heterocycles. The highest BCUT2D eigenvalue weighted by atomic mass is 79.9. The maximum atomic E-state index is 9.80. The Kier molecular flexibility index (Phi) is 5.34. The highest BCUT2D eigenvalue weighted by molar-refractivity contribution is 9.11. The number of thiophene rings is 1. The number of benzene rings is 1. The van der Waals surface area contributed by atoms with Crippen molar-refractivity contribution >= 4 is 44.9 Å². The summed E-state index contributed by atoms with van der Waals surface area (Å²) in [5.74, 6) is 1.27. The zero-order valence-corrected chi connectivity index (χ0v) is 16.8. The third kappa shape index (κ3) is 3.81. The Morgan fingerprint density at radius 3 is 2.59 bits per heavy atom. The lowest BCUT2D eigenvalue weighted by atomic mass is 10.2. The second kappa shape index (κ2) is 8.05. The molecule has 4 rings (SSSR count). The summed E-state index contributed by atoms with van der Waals surface area (Å²) in [6, 6.07) is 16.1. The molecule has 6 nitrogen and oxygen atoms in total. The number of allylic oxidation sites excluding steroid dienone is 1. The Morgan fingerprint density at radius 1 is 1.15 bits per heavy atom. The first kappa shape index (κ1) is 17.9. The summed E-state index contributed by atoms with van der Waals surface area (Å²) >= 11 is 5.03. The first-order valence-electron chi connectivity index (χ1n) is 8.47. The summed E-state index contributed by atoms with van der Waals surface area (Å²) in [6.07, 6.45) is 1.85. The number of nitriles is 1. The molecule has 1 saturated heterocycles. The van der Waals surface area contributed by atoms with Crippen LogP contribution in [0.25, 0.3) is 17.3 Å². The molecule has 0 bridgehead atoms. The van der Waals surface area contributed by atoms with E-state index in [1.165, 1.54) is 0 Å². The van der Waals surface area contributed by atoms with Gasteiger partial charge in [-0.2, -0.15) is 5.26 Å². The Balaban J connectivity index is 1.83. The van der Waals surface area contributed by atoms with Gasteiger partial charge in [0.15, 0.2) is 5.82 Å². The van der Waals surface area contributed by atoms with Crippen LogP contribution in [0.4, 0.5) is 5.95 Å². The predicted octanol–water partition coefficient (Wildman–Crippen LogP) is 3.99. The van der Waals surface area contributed by atoms with Gasteiger partial charge < -0.3 is 9.64 Å². The lowest BCUT2D eigenvalue weighted by molar-refractivity contribution is 0.122. The van der Waals surface area contributed by atoms with Crippen LogP contribution in [-0.2, 0) is 4.74 Å². The van der Waals surface area contributed by atoms with E-state index in [-0.39, 0.29) is 0 Å². The third-order valence-electron chi connectivity index (χ3n) is 4.20. The zero-order valence-electron chi connectivity index (χ0n) is 14.4. The van der Waals surface area contributed by atoms with Gasteiger partial charge in [-0.3, -0.25) is 4.57 Å². The molecule has 8 heteroatoms. The molecule has 0 unspecified atom stereocenters. The van der Waals surface area contributed by atoms with Crippen molar-refractivity contribution in [3.63, 3.8) is 0 Å². The number of hydrogen-bond acceptors (Lipinski definition) is 6. The van der Waals surface area contributed by atoms with Gasteiger partial charge >= 0.3 is 0 Å². The predicted molar refractivity (Wildman–Crippen MR) is 110 cm³/mol. The van der Waals surface area contributed by atoms with Gasteiger partial charge in [0.05, 0.1) is 28.3 Å². The van der Waals surface area contributed by atoms with E-state index < -0.39 is 0 Å². The van der Waals surface area contributed by atoms with Crippen molar-refractivity contribution in [2.45, 2.75) is 0 Å².